The predicted octanol–water partition coefficient (Wildman–Crippen LogP) is 5.47. The molecular formula is C21H28ClIN2O3. The molecule has 1 amide bonds. The van der Waals surface area contributed by atoms with Crippen molar-refractivity contribution in [3.05, 3.63) is 33.0 Å². The summed E-state index contributed by atoms with van der Waals surface area (Å²) in [7, 11) is 0. The number of nitrogens with one attached hydrogen (secondary N) is 1. The molecule has 0 bridgehead atoms. The fraction of sp³-hybridized carbons (Fsp3) is 0.571. The van der Waals surface area contributed by atoms with Crippen molar-refractivity contribution in [3.8, 4) is 0 Å². The summed E-state index contributed by atoms with van der Waals surface area (Å²) in [6.45, 7) is 7.59. The SMILES string of the molecule is CC(C)(C)OC(=O)N(Cc1ccc2[nH]c(I)c(CCCl)c2c1)C1CCOCC1. The second-order valence-corrected chi connectivity index (χ2v) is 9.64. The van der Waals surface area contributed by atoms with E-state index < -0.39 is 5.60 Å². The van der Waals surface area contributed by atoms with Crippen molar-refractivity contribution in [1.29, 1.82) is 0 Å². The molecule has 0 unspecified atom stereocenters. The third-order valence-electron chi connectivity index (χ3n) is 4.88. The van der Waals surface area contributed by atoms with E-state index in [4.69, 9.17) is 21.1 Å². The number of rotatable bonds is 5. The number of H-pyrrole nitrogens is 1. The molecule has 3 rings (SSSR count). The largest absolute Gasteiger partial charge is 0.444 e. The number of fused-ring (bicyclic) bond motifs is 1. The Morgan fingerprint density at radius 1 is 1.36 bits per heavy atom. The lowest BCUT2D eigenvalue weighted by molar-refractivity contribution is -0.00807. The molecule has 2 aromatic rings. The molecule has 28 heavy (non-hydrogen) atoms. The van der Waals surface area contributed by atoms with Gasteiger partial charge in [0.05, 0.1) is 3.70 Å². The number of carbonyl (C=O) groups excluding carboxylic acids is 1. The van der Waals surface area contributed by atoms with Gasteiger partial charge >= 0.3 is 6.09 Å². The van der Waals surface area contributed by atoms with Crippen LogP contribution in [0, 0.1) is 3.70 Å². The molecular weight excluding hydrogens is 491 g/mol. The Labute approximate surface area is 185 Å². The topological polar surface area (TPSA) is 54.6 Å². The summed E-state index contributed by atoms with van der Waals surface area (Å²) in [6.07, 6.45) is 2.23. The number of ether oxygens (including phenoxy) is 2. The minimum absolute atomic E-state index is 0.132. The molecule has 2 heterocycles. The number of aryl methyl sites for hydroxylation is 1. The Morgan fingerprint density at radius 3 is 2.71 bits per heavy atom. The zero-order valence-corrected chi connectivity index (χ0v) is 19.6. The third kappa shape index (κ3) is 5.33. The number of aromatic nitrogens is 1. The van der Waals surface area contributed by atoms with Crippen molar-refractivity contribution in [2.24, 2.45) is 0 Å². The highest BCUT2D eigenvalue weighted by Crippen LogP contribution is 2.27. The quantitative estimate of drug-likeness (QED) is 0.422. The molecule has 1 aromatic carbocycles. The van der Waals surface area contributed by atoms with E-state index in [0.717, 1.165) is 34.0 Å². The van der Waals surface area contributed by atoms with Crippen LogP contribution >= 0.6 is 34.2 Å². The molecule has 1 aliphatic rings. The molecule has 1 aliphatic heterocycles. The van der Waals surface area contributed by atoms with Crippen LogP contribution in [0.2, 0.25) is 0 Å². The Hall–Kier alpha value is -0.990. The van der Waals surface area contributed by atoms with Crippen molar-refractivity contribution in [2.45, 2.75) is 58.2 Å². The minimum atomic E-state index is -0.519. The second kappa shape index (κ2) is 9.22. The predicted molar refractivity (Wildman–Crippen MR) is 121 cm³/mol. The summed E-state index contributed by atoms with van der Waals surface area (Å²) in [5.74, 6) is 0.583. The first kappa shape index (κ1) is 21.7. The smallest absolute Gasteiger partial charge is 0.410 e. The fourth-order valence-electron chi connectivity index (χ4n) is 3.56. The lowest BCUT2D eigenvalue weighted by atomic mass is 10.0. The van der Waals surface area contributed by atoms with Gasteiger partial charge in [0, 0.05) is 42.6 Å². The van der Waals surface area contributed by atoms with Crippen LogP contribution in [-0.4, -0.2) is 46.7 Å². The third-order valence-corrected chi connectivity index (χ3v) is 5.99. The van der Waals surface area contributed by atoms with Gasteiger partial charge in [0.2, 0.25) is 0 Å². The maximum atomic E-state index is 12.9. The lowest BCUT2D eigenvalue weighted by Gasteiger charge is -2.35. The molecule has 1 fully saturated rings. The van der Waals surface area contributed by atoms with Crippen LogP contribution in [0.25, 0.3) is 10.9 Å². The van der Waals surface area contributed by atoms with Crippen molar-refractivity contribution >= 4 is 51.2 Å². The van der Waals surface area contributed by atoms with E-state index in [1.165, 1.54) is 10.9 Å². The zero-order chi connectivity index (χ0) is 20.3. The van der Waals surface area contributed by atoms with Crippen LogP contribution in [0.5, 0.6) is 0 Å². The standard InChI is InChI=1S/C21H28ClIN2O3/c1-21(2,3)28-20(26)25(15-7-10-27-11-8-15)13-14-4-5-18-17(12-14)16(6-9-22)19(23)24-18/h4-5,12,15,24H,6-11,13H2,1-3H3. The molecule has 1 N–H and O–H groups in total. The van der Waals surface area contributed by atoms with Gasteiger partial charge in [-0.05, 0) is 85.9 Å². The average Bonchev–Trinajstić information content (AvgIpc) is 2.94. The van der Waals surface area contributed by atoms with Crippen LogP contribution in [-0.2, 0) is 22.4 Å². The highest BCUT2D eigenvalue weighted by Gasteiger charge is 2.30. The van der Waals surface area contributed by atoms with E-state index >= 15 is 0 Å². The molecule has 1 aromatic heterocycles. The summed E-state index contributed by atoms with van der Waals surface area (Å²) in [5.41, 5.74) is 2.91. The molecule has 154 valence electrons. The van der Waals surface area contributed by atoms with Gasteiger partial charge in [0.15, 0.2) is 0 Å². The number of amides is 1. The maximum absolute atomic E-state index is 12.9. The Bertz CT molecular complexity index is 825. The van der Waals surface area contributed by atoms with Crippen LogP contribution in [0.3, 0.4) is 0 Å². The number of aromatic amines is 1. The summed E-state index contributed by atoms with van der Waals surface area (Å²) in [4.78, 5) is 18.2. The molecule has 0 saturated carbocycles. The van der Waals surface area contributed by atoms with Gasteiger partial charge in [-0.1, -0.05) is 6.07 Å². The Balaban J connectivity index is 1.88. The molecule has 0 aliphatic carbocycles. The van der Waals surface area contributed by atoms with E-state index in [1.807, 2.05) is 25.7 Å². The zero-order valence-electron chi connectivity index (χ0n) is 16.7. The molecule has 7 heteroatoms. The van der Waals surface area contributed by atoms with Gasteiger partial charge in [0.1, 0.15) is 5.60 Å². The van der Waals surface area contributed by atoms with E-state index in [-0.39, 0.29) is 12.1 Å². The van der Waals surface area contributed by atoms with Gasteiger partial charge in [-0.2, -0.15) is 0 Å². The van der Waals surface area contributed by atoms with Crippen molar-refractivity contribution < 1.29 is 14.3 Å². The molecule has 1 saturated heterocycles. The van der Waals surface area contributed by atoms with E-state index in [2.05, 4.69) is 45.8 Å². The highest BCUT2D eigenvalue weighted by atomic mass is 127. The summed E-state index contributed by atoms with van der Waals surface area (Å²) in [6, 6.07) is 6.47. The van der Waals surface area contributed by atoms with Crippen LogP contribution < -0.4 is 0 Å². The first-order valence-corrected chi connectivity index (χ1v) is 11.3. The van der Waals surface area contributed by atoms with Gasteiger partial charge in [-0.15, -0.1) is 11.6 Å². The van der Waals surface area contributed by atoms with Crippen molar-refractivity contribution in [1.82, 2.24) is 9.88 Å². The summed E-state index contributed by atoms with van der Waals surface area (Å²) in [5, 5.41) is 1.18. The van der Waals surface area contributed by atoms with E-state index in [9.17, 15) is 4.79 Å². The minimum Gasteiger partial charge on any atom is -0.444 e. The monoisotopic (exact) mass is 518 g/mol. The van der Waals surface area contributed by atoms with Gasteiger partial charge < -0.3 is 19.4 Å². The molecule has 0 atom stereocenters. The molecule has 0 radical (unpaired) electrons. The lowest BCUT2D eigenvalue weighted by Crippen LogP contribution is -2.45. The first-order chi connectivity index (χ1) is 13.3. The van der Waals surface area contributed by atoms with Crippen LogP contribution in [0.4, 0.5) is 4.79 Å². The number of hydrogen-bond donors (Lipinski definition) is 1. The normalized spacial score (nSPS) is 15.8. The van der Waals surface area contributed by atoms with Gasteiger partial charge in [-0.25, -0.2) is 4.79 Å². The number of nitrogens with zero attached hydrogens (tertiary/aromatic N) is 1. The second-order valence-electron chi connectivity index (χ2n) is 8.19. The summed E-state index contributed by atoms with van der Waals surface area (Å²) >= 11 is 8.32. The highest BCUT2D eigenvalue weighted by molar-refractivity contribution is 14.1. The molecule has 0 spiro atoms. The number of benzene rings is 1. The fourth-order valence-corrected chi connectivity index (χ4v) is 4.60. The number of hydrogen-bond acceptors (Lipinski definition) is 3. The van der Waals surface area contributed by atoms with Crippen LogP contribution in [0.1, 0.15) is 44.7 Å². The van der Waals surface area contributed by atoms with Crippen LogP contribution in [0.15, 0.2) is 18.2 Å². The average molecular weight is 519 g/mol. The van der Waals surface area contributed by atoms with E-state index in [1.54, 1.807) is 0 Å². The Morgan fingerprint density at radius 2 is 2.07 bits per heavy atom. The van der Waals surface area contributed by atoms with Crippen molar-refractivity contribution in [2.75, 3.05) is 19.1 Å². The number of alkyl halides is 1. The van der Waals surface area contributed by atoms with Gasteiger partial charge in [-0.3, -0.25) is 0 Å². The number of halogens is 2. The first-order valence-electron chi connectivity index (χ1n) is 9.71. The number of carbonyl (C=O) groups is 1. The van der Waals surface area contributed by atoms with Gasteiger partial charge in [0.25, 0.3) is 0 Å². The molecule has 5 nitrogen and oxygen atoms in total. The Kier molecular flexibility index (Phi) is 7.15. The summed E-state index contributed by atoms with van der Waals surface area (Å²) < 4.78 is 12.3. The van der Waals surface area contributed by atoms with E-state index in [0.29, 0.717) is 25.6 Å². The van der Waals surface area contributed by atoms with Crippen molar-refractivity contribution in [3.63, 3.8) is 0 Å². The maximum Gasteiger partial charge on any atom is 0.410 e.